The lowest BCUT2D eigenvalue weighted by Crippen LogP contribution is -2.50. The van der Waals surface area contributed by atoms with Crippen molar-refractivity contribution in [1.82, 2.24) is 10.6 Å². The highest BCUT2D eigenvalue weighted by atomic mass is 79.9. The van der Waals surface area contributed by atoms with E-state index in [2.05, 4.69) is 33.1 Å². The fraction of sp³-hybridized carbons (Fsp3) is 0.636. The lowest BCUT2D eigenvalue weighted by Gasteiger charge is -2.27. The van der Waals surface area contributed by atoms with Gasteiger partial charge in [0, 0.05) is 10.5 Å². The van der Waals surface area contributed by atoms with Crippen LogP contribution in [0.1, 0.15) is 26.2 Å². The fourth-order valence-electron chi connectivity index (χ4n) is 2.04. The zero-order valence-electron chi connectivity index (χ0n) is 9.75. The van der Waals surface area contributed by atoms with Gasteiger partial charge < -0.3 is 15.7 Å². The second-order valence-corrected chi connectivity index (χ2v) is 5.63. The van der Waals surface area contributed by atoms with Gasteiger partial charge in [-0.25, -0.2) is 4.79 Å². The number of rotatable bonds is 4. The molecular formula is C11H17BrN2O3. The Labute approximate surface area is 109 Å². The van der Waals surface area contributed by atoms with Crippen LogP contribution < -0.4 is 10.6 Å². The summed E-state index contributed by atoms with van der Waals surface area (Å²) in [5.41, 5.74) is -0.858. The van der Waals surface area contributed by atoms with Crippen molar-refractivity contribution in [3.8, 4) is 0 Å². The van der Waals surface area contributed by atoms with Crippen molar-refractivity contribution < 1.29 is 14.7 Å². The molecule has 0 spiro atoms. The van der Waals surface area contributed by atoms with Crippen LogP contribution in [0.25, 0.3) is 0 Å². The molecule has 17 heavy (non-hydrogen) atoms. The molecule has 0 aromatic rings. The van der Waals surface area contributed by atoms with Crippen LogP contribution in [0.3, 0.4) is 0 Å². The third-order valence-electron chi connectivity index (χ3n) is 3.19. The summed E-state index contributed by atoms with van der Waals surface area (Å²) in [6.07, 6.45) is 2.11. The topological polar surface area (TPSA) is 78.4 Å². The Bertz CT molecular complexity index is 346. The van der Waals surface area contributed by atoms with Crippen LogP contribution in [-0.2, 0) is 4.79 Å². The van der Waals surface area contributed by atoms with E-state index in [4.69, 9.17) is 0 Å². The maximum atomic E-state index is 11.5. The van der Waals surface area contributed by atoms with E-state index in [-0.39, 0.29) is 12.1 Å². The van der Waals surface area contributed by atoms with Gasteiger partial charge in [0.05, 0.1) is 12.0 Å². The number of amides is 2. The Balaban J connectivity index is 2.53. The summed E-state index contributed by atoms with van der Waals surface area (Å²) in [6, 6.07) is -0.673. The zero-order valence-corrected chi connectivity index (χ0v) is 11.3. The molecule has 2 amide bonds. The van der Waals surface area contributed by atoms with E-state index in [1.165, 1.54) is 0 Å². The van der Waals surface area contributed by atoms with Gasteiger partial charge in [-0.1, -0.05) is 28.9 Å². The van der Waals surface area contributed by atoms with Crippen molar-refractivity contribution in [1.29, 1.82) is 0 Å². The van der Waals surface area contributed by atoms with E-state index in [0.29, 0.717) is 23.9 Å². The normalized spacial score (nSPS) is 27.5. The summed E-state index contributed by atoms with van der Waals surface area (Å²) in [5, 5.41) is 14.5. The first kappa shape index (κ1) is 14.0. The molecule has 1 aliphatic rings. The molecule has 0 radical (unpaired) electrons. The molecule has 2 unspecified atom stereocenters. The minimum Gasteiger partial charge on any atom is -0.481 e. The Morgan fingerprint density at radius 3 is 2.76 bits per heavy atom. The van der Waals surface area contributed by atoms with Gasteiger partial charge in [-0.2, -0.15) is 0 Å². The molecule has 96 valence electrons. The van der Waals surface area contributed by atoms with Crippen molar-refractivity contribution in [3.05, 3.63) is 11.1 Å². The number of aliphatic carboxylic acids is 1. The lowest BCUT2D eigenvalue weighted by atomic mass is 9.85. The van der Waals surface area contributed by atoms with E-state index in [0.717, 1.165) is 6.42 Å². The Kier molecular flexibility index (Phi) is 4.56. The van der Waals surface area contributed by atoms with Crippen molar-refractivity contribution in [3.63, 3.8) is 0 Å². The Morgan fingerprint density at radius 2 is 2.24 bits per heavy atom. The molecule has 2 atom stereocenters. The predicted molar refractivity (Wildman–Crippen MR) is 68.0 cm³/mol. The van der Waals surface area contributed by atoms with Crippen LogP contribution in [-0.4, -0.2) is 29.7 Å². The summed E-state index contributed by atoms with van der Waals surface area (Å²) in [7, 11) is 0. The molecule has 0 bridgehead atoms. The average molecular weight is 305 g/mol. The standard InChI is InChI=1S/C11H17BrN2O3/c1-7(12)6-13-10(17)14-8-4-3-5-11(8,2)9(15)16/h8H,1,3-6H2,2H3,(H,15,16)(H2,13,14,17). The summed E-state index contributed by atoms with van der Waals surface area (Å²) in [5.74, 6) is -0.856. The Hall–Kier alpha value is -1.04. The lowest BCUT2D eigenvalue weighted by molar-refractivity contribution is -0.148. The molecule has 6 heteroatoms. The largest absolute Gasteiger partial charge is 0.481 e. The number of carboxylic acid groups (broad SMARTS) is 1. The number of carboxylic acids is 1. The second-order valence-electron chi connectivity index (χ2n) is 4.51. The molecule has 3 N–H and O–H groups in total. The number of nitrogens with one attached hydrogen (secondary N) is 2. The molecular weight excluding hydrogens is 288 g/mol. The maximum Gasteiger partial charge on any atom is 0.315 e. The SMILES string of the molecule is C=C(Br)CNC(=O)NC1CCCC1(C)C(=O)O. The van der Waals surface area contributed by atoms with Crippen LogP contribution in [0.2, 0.25) is 0 Å². The highest BCUT2D eigenvalue weighted by molar-refractivity contribution is 9.11. The minimum absolute atomic E-state index is 0.316. The quantitative estimate of drug-likeness (QED) is 0.741. The molecule has 0 aliphatic heterocycles. The summed E-state index contributed by atoms with van der Waals surface area (Å²) >= 11 is 3.13. The summed E-state index contributed by atoms with van der Waals surface area (Å²) in [4.78, 5) is 22.7. The second kappa shape index (κ2) is 5.53. The van der Waals surface area contributed by atoms with Gasteiger partial charge in [-0.05, 0) is 19.8 Å². The van der Waals surface area contributed by atoms with Gasteiger partial charge in [0.25, 0.3) is 0 Å². The van der Waals surface area contributed by atoms with Crippen molar-refractivity contribution in [2.24, 2.45) is 5.41 Å². The van der Waals surface area contributed by atoms with E-state index >= 15 is 0 Å². The first-order valence-corrected chi connectivity index (χ1v) is 6.26. The number of carbonyl (C=O) groups is 2. The zero-order chi connectivity index (χ0) is 13.1. The van der Waals surface area contributed by atoms with Gasteiger partial charge in [0.2, 0.25) is 0 Å². The highest BCUT2D eigenvalue weighted by Crippen LogP contribution is 2.38. The van der Waals surface area contributed by atoms with Crippen LogP contribution in [0, 0.1) is 5.41 Å². The van der Waals surface area contributed by atoms with Gasteiger partial charge in [-0.15, -0.1) is 0 Å². The van der Waals surface area contributed by atoms with E-state index in [1.807, 2.05) is 0 Å². The first-order chi connectivity index (χ1) is 7.86. The molecule has 1 fully saturated rings. The maximum absolute atomic E-state index is 11.5. The van der Waals surface area contributed by atoms with E-state index in [1.54, 1.807) is 6.92 Å². The fourth-order valence-corrected chi connectivity index (χ4v) is 2.18. The van der Waals surface area contributed by atoms with Crippen molar-refractivity contribution in [2.75, 3.05) is 6.54 Å². The molecule has 0 heterocycles. The number of halogens is 1. The van der Waals surface area contributed by atoms with Gasteiger partial charge in [0.1, 0.15) is 0 Å². The molecule has 1 aliphatic carbocycles. The molecule has 0 aromatic heterocycles. The van der Waals surface area contributed by atoms with E-state index in [9.17, 15) is 14.7 Å². The van der Waals surface area contributed by atoms with Crippen LogP contribution in [0.4, 0.5) is 4.79 Å². The van der Waals surface area contributed by atoms with Crippen LogP contribution in [0.5, 0.6) is 0 Å². The summed E-state index contributed by atoms with van der Waals surface area (Å²) < 4.78 is 0.667. The predicted octanol–water partition coefficient (Wildman–Crippen LogP) is 1.84. The molecule has 0 saturated heterocycles. The van der Waals surface area contributed by atoms with Crippen LogP contribution in [0.15, 0.2) is 11.1 Å². The van der Waals surface area contributed by atoms with Crippen molar-refractivity contribution in [2.45, 2.75) is 32.2 Å². The summed E-state index contributed by atoms with van der Waals surface area (Å²) in [6.45, 7) is 5.59. The number of hydrogen-bond acceptors (Lipinski definition) is 2. The first-order valence-electron chi connectivity index (χ1n) is 5.47. The van der Waals surface area contributed by atoms with Gasteiger partial charge in [0.15, 0.2) is 0 Å². The third-order valence-corrected chi connectivity index (χ3v) is 3.47. The van der Waals surface area contributed by atoms with Crippen molar-refractivity contribution >= 4 is 27.9 Å². The molecule has 0 aromatic carbocycles. The minimum atomic E-state index is -0.858. The average Bonchev–Trinajstić information content (AvgIpc) is 2.59. The van der Waals surface area contributed by atoms with E-state index < -0.39 is 11.4 Å². The van der Waals surface area contributed by atoms with Gasteiger partial charge >= 0.3 is 12.0 Å². The van der Waals surface area contributed by atoms with Gasteiger partial charge in [-0.3, -0.25) is 4.79 Å². The third kappa shape index (κ3) is 3.46. The monoisotopic (exact) mass is 304 g/mol. The number of urea groups is 1. The Morgan fingerprint density at radius 1 is 1.59 bits per heavy atom. The number of hydrogen-bond donors (Lipinski definition) is 3. The van der Waals surface area contributed by atoms with Crippen LogP contribution >= 0.6 is 15.9 Å². The molecule has 1 rings (SSSR count). The smallest absolute Gasteiger partial charge is 0.315 e. The molecule has 5 nitrogen and oxygen atoms in total. The molecule has 1 saturated carbocycles. The highest BCUT2D eigenvalue weighted by Gasteiger charge is 2.45. The number of carbonyl (C=O) groups excluding carboxylic acids is 1.